The van der Waals surface area contributed by atoms with Crippen LogP contribution in [0.5, 0.6) is 0 Å². The lowest BCUT2D eigenvalue weighted by Gasteiger charge is -2.25. The van der Waals surface area contributed by atoms with Gasteiger partial charge < -0.3 is 9.30 Å². The van der Waals surface area contributed by atoms with Gasteiger partial charge in [-0.05, 0) is 45.4 Å². The molecule has 0 bridgehead atoms. The summed E-state index contributed by atoms with van der Waals surface area (Å²) < 4.78 is 7.70. The van der Waals surface area contributed by atoms with Crippen LogP contribution in [0.4, 0.5) is 0 Å². The van der Waals surface area contributed by atoms with E-state index in [9.17, 15) is 4.79 Å². The van der Waals surface area contributed by atoms with Crippen LogP contribution >= 0.6 is 0 Å². The van der Waals surface area contributed by atoms with Gasteiger partial charge in [0.15, 0.2) is 0 Å². The normalized spacial score (nSPS) is 18.2. The molecule has 104 valence electrons. The van der Waals surface area contributed by atoms with Crippen molar-refractivity contribution in [2.24, 2.45) is 5.92 Å². The molecule has 0 N–H and O–H groups in total. The fourth-order valence-electron chi connectivity index (χ4n) is 2.37. The number of carbonyl (C=O) groups excluding carboxylic acids is 1. The lowest BCUT2D eigenvalue weighted by atomic mass is 10.0. The predicted octanol–water partition coefficient (Wildman–Crippen LogP) is 3.43. The Labute approximate surface area is 115 Å². The van der Waals surface area contributed by atoms with Gasteiger partial charge in [0.2, 0.25) is 0 Å². The third-order valence-electron chi connectivity index (χ3n) is 3.20. The summed E-state index contributed by atoms with van der Waals surface area (Å²) in [5.74, 6) is -0.305. The molecule has 0 aromatic carbocycles. The summed E-state index contributed by atoms with van der Waals surface area (Å²) in [6, 6.07) is 4.27. The van der Waals surface area contributed by atoms with Gasteiger partial charge in [0.05, 0.1) is 5.92 Å². The summed E-state index contributed by atoms with van der Waals surface area (Å²) in [4.78, 5) is 12.1. The average Bonchev–Trinajstić information content (AvgIpc) is 2.70. The maximum Gasteiger partial charge on any atom is 0.315 e. The maximum absolute atomic E-state index is 12.1. The first-order valence-corrected chi connectivity index (χ1v) is 7.00. The number of carbonyl (C=O) groups is 1. The topological polar surface area (TPSA) is 31.2 Å². The van der Waals surface area contributed by atoms with Crippen LogP contribution < -0.4 is 0 Å². The first kappa shape index (κ1) is 13.9. The van der Waals surface area contributed by atoms with E-state index < -0.39 is 5.60 Å². The zero-order valence-electron chi connectivity index (χ0n) is 12.3. The van der Waals surface area contributed by atoms with E-state index in [-0.39, 0.29) is 11.9 Å². The van der Waals surface area contributed by atoms with Crippen LogP contribution in [0.25, 0.3) is 6.08 Å². The Morgan fingerprint density at radius 2 is 2.16 bits per heavy atom. The Morgan fingerprint density at radius 1 is 1.42 bits per heavy atom. The van der Waals surface area contributed by atoms with E-state index in [0.717, 1.165) is 12.8 Å². The lowest BCUT2D eigenvalue weighted by Crippen LogP contribution is -2.31. The Morgan fingerprint density at radius 3 is 2.79 bits per heavy atom. The van der Waals surface area contributed by atoms with Crippen LogP contribution in [0.2, 0.25) is 0 Å². The molecule has 0 amide bonds. The lowest BCUT2D eigenvalue weighted by molar-refractivity contribution is -0.158. The molecule has 2 heterocycles. The van der Waals surface area contributed by atoms with Crippen LogP contribution in [0.15, 0.2) is 18.2 Å². The molecule has 1 unspecified atom stereocenters. The molecule has 0 aliphatic carbocycles. The molecule has 0 spiro atoms. The second-order valence-electron chi connectivity index (χ2n) is 6.11. The van der Waals surface area contributed by atoms with Gasteiger partial charge >= 0.3 is 5.97 Å². The van der Waals surface area contributed by atoms with Crippen LogP contribution in [0, 0.1) is 5.92 Å². The molecular weight excluding hydrogens is 238 g/mol. The molecule has 0 radical (unpaired) electrons. The van der Waals surface area contributed by atoms with Gasteiger partial charge in [-0.3, -0.25) is 4.79 Å². The van der Waals surface area contributed by atoms with Gasteiger partial charge in [-0.2, -0.15) is 0 Å². The van der Waals surface area contributed by atoms with E-state index >= 15 is 0 Å². The molecule has 1 aromatic rings. The summed E-state index contributed by atoms with van der Waals surface area (Å²) >= 11 is 0. The first-order chi connectivity index (χ1) is 8.90. The summed E-state index contributed by atoms with van der Waals surface area (Å²) in [7, 11) is 0. The zero-order valence-corrected chi connectivity index (χ0v) is 12.3. The highest BCUT2D eigenvalue weighted by Gasteiger charge is 2.26. The summed E-state index contributed by atoms with van der Waals surface area (Å²) in [5, 5.41) is 0. The van der Waals surface area contributed by atoms with Gasteiger partial charge in [-0.25, -0.2) is 0 Å². The third-order valence-corrected chi connectivity index (χ3v) is 3.20. The van der Waals surface area contributed by atoms with Gasteiger partial charge in [0.25, 0.3) is 0 Å². The van der Waals surface area contributed by atoms with Crippen LogP contribution in [-0.2, 0) is 22.5 Å². The molecule has 1 atom stereocenters. The van der Waals surface area contributed by atoms with E-state index in [4.69, 9.17) is 4.74 Å². The molecule has 2 rings (SSSR count). The standard InChI is InChI=1S/C16H23NO2/c1-5-6-13-9-10-14-8-7-12(11-17(13)14)15(18)19-16(2,3)4/h7-10,12H,5-6,11H2,1-4H3. The number of ether oxygens (including phenoxy) is 1. The van der Waals surface area contributed by atoms with E-state index in [0.29, 0.717) is 6.54 Å². The Hall–Kier alpha value is -1.51. The molecule has 1 aromatic heterocycles. The Balaban J connectivity index is 2.12. The van der Waals surface area contributed by atoms with Gasteiger partial charge in [0.1, 0.15) is 5.60 Å². The fourth-order valence-corrected chi connectivity index (χ4v) is 2.37. The van der Waals surface area contributed by atoms with Crippen LogP contribution in [-0.4, -0.2) is 16.1 Å². The van der Waals surface area contributed by atoms with Crippen molar-refractivity contribution < 1.29 is 9.53 Å². The van der Waals surface area contributed by atoms with Crippen LogP contribution in [0.1, 0.15) is 45.5 Å². The molecule has 0 fully saturated rings. The highest BCUT2D eigenvalue weighted by atomic mass is 16.6. The molecule has 1 aliphatic rings. The fraction of sp³-hybridized carbons (Fsp3) is 0.562. The summed E-state index contributed by atoms with van der Waals surface area (Å²) in [6.07, 6.45) is 6.15. The molecule has 1 aliphatic heterocycles. The van der Waals surface area contributed by atoms with Crippen molar-refractivity contribution in [3.8, 4) is 0 Å². The molecule has 3 heteroatoms. The van der Waals surface area contributed by atoms with Crippen molar-refractivity contribution in [1.29, 1.82) is 0 Å². The number of fused-ring (bicyclic) bond motifs is 1. The highest BCUT2D eigenvalue weighted by Crippen LogP contribution is 2.23. The number of rotatable bonds is 3. The van der Waals surface area contributed by atoms with Crippen molar-refractivity contribution in [2.45, 2.75) is 52.7 Å². The minimum atomic E-state index is -0.422. The largest absolute Gasteiger partial charge is 0.459 e. The van der Waals surface area contributed by atoms with Gasteiger partial charge in [-0.15, -0.1) is 0 Å². The van der Waals surface area contributed by atoms with E-state index in [1.165, 1.54) is 11.4 Å². The summed E-state index contributed by atoms with van der Waals surface area (Å²) in [6.45, 7) is 8.58. The van der Waals surface area contributed by atoms with E-state index in [1.807, 2.05) is 32.9 Å². The number of aromatic nitrogens is 1. The minimum Gasteiger partial charge on any atom is -0.459 e. The Bertz CT molecular complexity index is 491. The van der Waals surface area contributed by atoms with Crippen molar-refractivity contribution in [2.75, 3.05) is 0 Å². The number of aryl methyl sites for hydroxylation is 1. The molecule has 3 nitrogen and oxygen atoms in total. The van der Waals surface area contributed by atoms with Crippen molar-refractivity contribution in [3.63, 3.8) is 0 Å². The van der Waals surface area contributed by atoms with Crippen molar-refractivity contribution in [1.82, 2.24) is 4.57 Å². The quantitative estimate of drug-likeness (QED) is 0.781. The zero-order chi connectivity index (χ0) is 14.0. The van der Waals surface area contributed by atoms with Gasteiger partial charge in [0, 0.05) is 17.9 Å². The number of hydrogen-bond acceptors (Lipinski definition) is 2. The molecule has 0 saturated heterocycles. The first-order valence-electron chi connectivity index (χ1n) is 7.00. The smallest absolute Gasteiger partial charge is 0.315 e. The molecule has 19 heavy (non-hydrogen) atoms. The monoisotopic (exact) mass is 261 g/mol. The average molecular weight is 261 g/mol. The Kier molecular flexibility index (Phi) is 3.83. The number of nitrogens with zero attached hydrogens (tertiary/aromatic N) is 1. The maximum atomic E-state index is 12.1. The molecular formula is C16H23NO2. The van der Waals surface area contributed by atoms with Crippen molar-refractivity contribution in [3.05, 3.63) is 29.6 Å². The summed E-state index contributed by atoms with van der Waals surface area (Å²) in [5.41, 5.74) is 2.06. The molecule has 0 saturated carbocycles. The minimum absolute atomic E-state index is 0.134. The second kappa shape index (κ2) is 5.24. The SMILES string of the molecule is CCCc1ccc2n1CC(C(=O)OC(C)(C)C)C=C2. The number of esters is 1. The second-order valence-corrected chi connectivity index (χ2v) is 6.11. The van der Waals surface area contributed by atoms with Crippen molar-refractivity contribution >= 4 is 12.0 Å². The number of hydrogen-bond donors (Lipinski definition) is 0. The highest BCUT2D eigenvalue weighted by molar-refractivity contribution is 5.77. The predicted molar refractivity (Wildman–Crippen MR) is 76.8 cm³/mol. The van der Waals surface area contributed by atoms with Gasteiger partial charge in [-0.1, -0.05) is 19.4 Å². The van der Waals surface area contributed by atoms with E-state index in [1.54, 1.807) is 0 Å². The van der Waals surface area contributed by atoms with Crippen LogP contribution in [0.3, 0.4) is 0 Å². The van der Waals surface area contributed by atoms with E-state index in [2.05, 4.69) is 23.6 Å². The third kappa shape index (κ3) is 3.28.